The molecule has 0 aliphatic rings. The smallest absolute Gasteiger partial charge is 0.126 e. The lowest BCUT2D eigenvalue weighted by atomic mass is 10.2. The molecule has 0 nitrogen and oxygen atoms in total. The van der Waals surface area contributed by atoms with E-state index in [1.165, 1.54) is 6.07 Å². The van der Waals surface area contributed by atoms with Crippen LogP contribution in [0.4, 0.5) is 4.39 Å². The van der Waals surface area contributed by atoms with Crippen LogP contribution in [0.2, 0.25) is 0 Å². The normalized spacial score (nSPS) is 7.60. The van der Waals surface area contributed by atoms with E-state index in [0.717, 1.165) is 0 Å². The first kappa shape index (κ1) is 8.71. The highest BCUT2D eigenvalue weighted by Gasteiger charge is 1.88. The molecular formula is C9H9F. The molecule has 0 N–H and O–H groups in total. The van der Waals surface area contributed by atoms with E-state index in [1.54, 1.807) is 19.1 Å². The monoisotopic (exact) mass is 136 g/mol. The van der Waals surface area contributed by atoms with Crippen LogP contribution in [-0.2, 0) is 0 Å². The van der Waals surface area contributed by atoms with Crippen molar-refractivity contribution in [2.75, 3.05) is 0 Å². The van der Waals surface area contributed by atoms with E-state index in [0.29, 0.717) is 5.56 Å². The largest absolute Gasteiger partial charge is 0.207 e. The lowest BCUT2D eigenvalue weighted by Gasteiger charge is -1.89. The zero-order valence-electron chi connectivity index (χ0n) is 5.84. The van der Waals surface area contributed by atoms with Crippen molar-refractivity contribution in [3.63, 3.8) is 0 Å². The molecule has 1 aromatic carbocycles. The van der Waals surface area contributed by atoms with Gasteiger partial charge >= 0.3 is 0 Å². The highest BCUT2D eigenvalue weighted by atomic mass is 19.1. The Morgan fingerprint density at radius 2 is 1.70 bits per heavy atom. The van der Waals surface area contributed by atoms with E-state index in [-0.39, 0.29) is 5.82 Å². The number of aryl methyl sites for hydroxylation is 1. The third-order valence-electron chi connectivity index (χ3n) is 1.08. The highest BCUT2D eigenvalue weighted by Crippen LogP contribution is 2.01. The van der Waals surface area contributed by atoms with Crippen molar-refractivity contribution in [1.29, 1.82) is 0 Å². The van der Waals surface area contributed by atoms with Gasteiger partial charge in [0.25, 0.3) is 0 Å². The van der Waals surface area contributed by atoms with Gasteiger partial charge in [-0.1, -0.05) is 18.2 Å². The van der Waals surface area contributed by atoms with E-state index in [1.807, 2.05) is 6.07 Å². The maximum atomic E-state index is 12.3. The number of terminal acetylenes is 1. The van der Waals surface area contributed by atoms with E-state index in [2.05, 4.69) is 12.8 Å². The van der Waals surface area contributed by atoms with Gasteiger partial charge in [0.15, 0.2) is 0 Å². The predicted molar refractivity (Wildman–Crippen MR) is 41.0 cm³/mol. The Morgan fingerprint density at radius 3 is 2.00 bits per heavy atom. The minimum atomic E-state index is -0.132. The zero-order chi connectivity index (χ0) is 7.98. The number of hydrogen-bond acceptors (Lipinski definition) is 0. The minimum absolute atomic E-state index is 0.132. The summed E-state index contributed by atoms with van der Waals surface area (Å²) in [7, 11) is 0. The molecule has 0 spiro atoms. The summed E-state index contributed by atoms with van der Waals surface area (Å²) in [6, 6.07) is 6.70. The Labute approximate surface area is 60.7 Å². The van der Waals surface area contributed by atoms with E-state index < -0.39 is 0 Å². The summed E-state index contributed by atoms with van der Waals surface area (Å²) in [5.41, 5.74) is 0.701. The molecule has 0 saturated heterocycles. The van der Waals surface area contributed by atoms with Crippen LogP contribution < -0.4 is 0 Å². The van der Waals surface area contributed by atoms with Crippen LogP contribution in [0.15, 0.2) is 24.3 Å². The van der Waals surface area contributed by atoms with Gasteiger partial charge < -0.3 is 0 Å². The van der Waals surface area contributed by atoms with Gasteiger partial charge in [-0.2, -0.15) is 0 Å². The van der Waals surface area contributed by atoms with Crippen molar-refractivity contribution < 1.29 is 4.39 Å². The van der Waals surface area contributed by atoms with Gasteiger partial charge in [0, 0.05) is 0 Å². The molecule has 0 atom stereocenters. The Kier molecular flexibility index (Phi) is 3.99. The van der Waals surface area contributed by atoms with Crippen LogP contribution in [0, 0.1) is 25.6 Å². The number of rotatable bonds is 0. The van der Waals surface area contributed by atoms with E-state index in [4.69, 9.17) is 0 Å². The fourth-order valence-electron chi connectivity index (χ4n) is 0.551. The Balaban J connectivity index is 0.000000371. The van der Waals surface area contributed by atoms with Gasteiger partial charge in [-0.3, -0.25) is 0 Å². The van der Waals surface area contributed by atoms with Crippen molar-refractivity contribution in [3.05, 3.63) is 35.6 Å². The van der Waals surface area contributed by atoms with Crippen LogP contribution >= 0.6 is 0 Å². The Morgan fingerprint density at radius 1 is 1.20 bits per heavy atom. The molecule has 1 rings (SSSR count). The first-order chi connectivity index (χ1) is 4.80. The van der Waals surface area contributed by atoms with Gasteiger partial charge in [0.1, 0.15) is 5.82 Å². The highest BCUT2D eigenvalue weighted by molar-refractivity contribution is 5.14. The summed E-state index contributed by atoms with van der Waals surface area (Å²) in [5.74, 6) is -0.132. The van der Waals surface area contributed by atoms with E-state index in [9.17, 15) is 4.39 Å². The van der Waals surface area contributed by atoms with Crippen molar-refractivity contribution in [2.45, 2.75) is 6.92 Å². The molecule has 1 aromatic rings. The SMILES string of the molecule is C#C.Cc1ccccc1F. The van der Waals surface area contributed by atoms with Crippen molar-refractivity contribution in [2.24, 2.45) is 0 Å². The van der Waals surface area contributed by atoms with Gasteiger partial charge in [-0.15, -0.1) is 12.8 Å². The molecule has 10 heavy (non-hydrogen) atoms. The molecule has 0 unspecified atom stereocenters. The van der Waals surface area contributed by atoms with Crippen LogP contribution in [0.5, 0.6) is 0 Å². The second-order valence-corrected chi connectivity index (χ2v) is 1.75. The molecule has 0 amide bonds. The zero-order valence-corrected chi connectivity index (χ0v) is 5.84. The Bertz CT molecular complexity index is 192. The van der Waals surface area contributed by atoms with Crippen LogP contribution in [-0.4, -0.2) is 0 Å². The fraction of sp³-hybridized carbons (Fsp3) is 0.111. The molecule has 52 valence electrons. The molecule has 0 radical (unpaired) electrons. The van der Waals surface area contributed by atoms with Gasteiger partial charge in [0.05, 0.1) is 0 Å². The Hall–Kier alpha value is -1.29. The first-order valence-corrected chi connectivity index (χ1v) is 2.85. The quantitative estimate of drug-likeness (QED) is 0.480. The standard InChI is InChI=1S/C7H7F.C2H2/c1-6-4-2-3-5-7(6)8;1-2/h2-5H,1H3;1-2H. The summed E-state index contributed by atoms with van der Waals surface area (Å²) < 4.78 is 12.3. The van der Waals surface area contributed by atoms with Crippen LogP contribution in [0.25, 0.3) is 0 Å². The maximum Gasteiger partial charge on any atom is 0.126 e. The molecular weight excluding hydrogens is 127 g/mol. The first-order valence-electron chi connectivity index (χ1n) is 2.85. The number of halogens is 1. The van der Waals surface area contributed by atoms with Gasteiger partial charge in [-0.25, -0.2) is 4.39 Å². The number of hydrogen-bond donors (Lipinski definition) is 0. The van der Waals surface area contributed by atoms with Gasteiger partial charge in [0.2, 0.25) is 0 Å². The third kappa shape index (κ3) is 2.32. The van der Waals surface area contributed by atoms with Crippen molar-refractivity contribution in [3.8, 4) is 12.8 Å². The van der Waals surface area contributed by atoms with Gasteiger partial charge in [-0.05, 0) is 18.6 Å². The average molecular weight is 136 g/mol. The van der Waals surface area contributed by atoms with Crippen molar-refractivity contribution >= 4 is 0 Å². The molecule has 0 aliphatic heterocycles. The second-order valence-electron chi connectivity index (χ2n) is 1.75. The van der Waals surface area contributed by atoms with Crippen molar-refractivity contribution in [1.82, 2.24) is 0 Å². The minimum Gasteiger partial charge on any atom is -0.207 e. The summed E-state index contributed by atoms with van der Waals surface area (Å²) in [6.07, 6.45) is 8.00. The average Bonchev–Trinajstić information content (AvgIpc) is 2.00. The lowest BCUT2D eigenvalue weighted by molar-refractivity contribution is 0.618. The molecule has 1 heteroatoms. The summed E-state index contributed by atoms with van der Waals surface area (Å²) in [5, 5.41) is 0. The second kappa shape index (κ2) is 4.58. The molecule has 0 saturated carbocycles. The topological polar surface area (TPSA) is 0 Å². The summed E-state index contributed by atoms with van der Waals surface area (Å²) >= 11 is 0. The molecule has 0 bridgehead atoms. The van der Waals surface area contributed by atoms with Crippen LogP contribution in [0.3, 0.4) is 0 Å². The van der Waals surface area contributed by atoms with E-state index >= 15 is 0 Å². The summed E-state index contributed by atoms with van der Waals surface area (Å²) in [4.78, 5) is 0. The summed E-state index contributed by atoms with van der Waals surface area (Å²) in [6.45, 7) is 1.75. The van der Waals surface area contributed by atoms with Crippen LogP contribution in [0.1, 0.15) is 5.56 Å². The lowest BCUT2D eigenvalue weighted by Crippen LogP contribution is -1.76. The molecule has 0 fully saturated rings. The maximum absolute atomic E-state index is 12.3. The molecule has 0 heterocycles. The number of benzene rings is 1. The third-order valence-corrected chi connectivity index (χ3v) is 1.08. The molecule has 0 aromatic heterocycles. The predicted octanol–water partition coefficient (Wildman–Crippen LogP) is 2.38. The fourth-order valence-corrected chi connectivity index (χ4v) is 0.551. The molecule has 0 aliphatic carbocycles.